The number of rotatable bonds is 7. The maximum absolute atomic E-state index is 12.8. The number of carboxylic acids is 1. The van der Waals surface area contributed by atoms with Crippen molar-refractivity contribution in [1.82, 2.24) is 14.8 Å². The van der Waals surface area contributed by atoms with Gasteiger partial charge in [0.15, 0.2) is 0 Å². The molecule has 7 nitrogen and oxygen atoms in total. The van der Waals surface area contributed by atoms with Crippen molar-refractivity contribution in [2.24, 2.45) is 0 Å². The Morgan fingerprint density at radius 3 is 2.93 bits per heavy atom. The third-order valence-electron chi connectivity index (χ3n) is 5.02. The molecule has 0 saturated carbocycles. The summed E-state index contributed by atoms with van der Waals surface area (Å²) in [5.41, 5.74) is 3.37. The average Bonchev–Trinajstić information content (AvgIpc) is 3.04. The highest BCUT2D eigenvalue weighted by Crippen LogP contribution is 2.23. The highest BCUT2D eigenvalue weighted by atomic mass is 16.5. The molecule has 1 fully saturated rings. The second-order valence-corrected chi connectivity index (χ2v) is 7.11. The average molecular weight is 373 g/mol. The van der Waals surface area contributed by atoms with E-state index in [-0.39, 0.29) is 18.6 Å². The zero-order valence-corrected chi connectivity index (χ0v) is 15.9. The Hall–Kier alpha value is -2.38. The maximum Gasteiger partial charge on any atom is 0.317 e. The molecule has 1 aromatic heterocycles. The predicted octanol–water partition coefficient (Wildman–Crippen LogP) is 1.52. The number of likely N-dealkylation sites (N-methyl/N-ethyl adjacent to an activating group) is 1. The number of carbonyl (C=O) groups excluding carboxylic acids is 1. The Kier molecular flexibility index (Phi) is 6.13. The second kappa shape index (κ2) is 8.54. The third kappa shape index (κ3) is 4.67. The van der Waals surface area contributed by atoms with Gasteiger partial charge in [-0.25, -0.2) is 0 Å². The number of aliphatic carboxylic acids is 1. The number of carboxylic acid groups (broad SMARTS) is 1. The fraction of sp³-hybridized carbons (Fsp3) is 0.500. The molecule has 1 amide bonds. The van der Waals surface area contributed by atoms with Crippen LogP contribution in [0.5, 0.6) is 0 Å². The van der Waals surface area contributed by atoms with Crippen LogP contribution in [0.3, 0.4) is 0 Å². The first-order chi connectivity index (χ1) is 13.0. The molecule has 146 valence electrons. The molecule has 1 atom stereocenters. The number of fused-ring (bicyclic) bond motifs is 1. The van der Waals surface area contributed by atoms with Crippen LogP contribution in [0.1, 0.15) is 18.1 Å². The van der Waals surface area contributed by atoms with Crippen molar-refractivity contribution >= 4 is 22.8 Å². The molecule has 0 spiro atoms. The Labute approximate surface area is 158 Å². The van der Waals surface area contributed by atoms with Gasteiger partial charge in [0.1, 0.15) is 0 Å². The highest BCUT2D eigenvalue weighted by molar-refractivity contribution is 5.90. The van der Waals surface area contributed by atoms with Gasteiger partial charge < -0.3 is 19.7 Å². The molecule has 27 heavy (non-hydrogen) atoms. The Bertz CT molecular complexity index is 817. The van der Waals surface area contributed by atoms with Crippen LogP contribution in [-0.2, 0) is 27.2 Å². The van der Waals surface area contributed by atoms with E-state index < -0.39 is 5.97 Å². The lowest BCUT2D eigenvalue weighted by atomic mass is 10.0. The molecule has 2 aromatic rings. The summed E-state index contributed by atoms with van der Waals surface area (Å²) in [5, 5.41) is 9.98. The summed E-state index contributed by atoms with van der Waals surface area (Å²) in [6.45, 7) is 4.11. The van der Waals surface area contributed by atoms with Gasteiger partial charge in [0, 0.05) is 36.7 Å². The van der Waals surface area contributed by atoms with Gasteiger partial charge in [-0.05, 0) is 24.6 Å². The molecular formula is C20H27N3O4. The van der Waals surface area contributed by atoms with Crippen molar-refractivity contribution in [2.75, 3.05) is 39.8 Å². The third-order valence-corrected chi connectivity index (χ3v) is 5.02. The number of nitrogens with zero attached hydrogens (tertiary/aromatic N) is 2. The number of aromatic nitrogens is 1. The van der Waals surface area contributed by atoms with Crippen molar-refractivity contribution in [3.05, 3.63) is 35.5 Å². The van der Waals surface area contributed by atoms with Crippen LogP contribution in [-0.4, -0.2) is 77.7 Å². The molecule has 0 bridgehead atoms. The number of aryl methyl sites for hydroxylation is 1. The van der Waals surface area contributed by atoms with Crippen molar-refractivity contribution < 1.29 is 19.4 Å². The maximum atomic E-state index is 12.8. The molecule has 2 N–H and O–H groups in total. The summed E-state index contributed by atoms with van der Waals surface area (Å²) >= 11 is 0. The number of nitrogens with one attached hydrogen (secondary N) is 1. The minimum atomic E-state index is -0.868. The van der Waals surface area contributed by atoms with Crippen molar-refractivity contribution in [1.29, 1.82) is 0 Å². The first-order valence-electron chi connectivity index (χ1n) is 9.35. The fourth-order valence-corrected chi connectivity index (χ4v) is 3.69. The molecule has 2 heterocycles. The SMILES string of the molecule is CCc1cccc2c(CC(=O)N3CCOC(CN(C)CC(=O)O)C3)c[nH]c12. The number of ether oxygens (including phenoxy) is 1. The molecule has 1 saturated heterocycles. The number of hydrogen-bond acceptors (Lipinski definition) is 4. The zero-order valence-electron chi connectivity index (χ0n) is 15.9. The Balaban J connectivity index is 1.63. The lowest BCUT2D eigenvalue weighted by molar-refractivity contribution is -0.142. The number of para-hydroxylation sites is 1. The molecular weight excluding hydrogens is 346 g/mol. The van der Waals surface area contributed by atoms with Crippen molar-refractivity contribution in [3.63, 3.8) is 0 Å². The molecule has 1 aliphatic rings. The summed E-state index contributed by atoms with van der Waals surface area (Å²) in [4.78, 5) is 30.5. The van der Waals surface area contributed by atoms with Crippen LogP contribution in [0.2, 0.25) is 0 Å². The van der Waals surface area contributed by atoms with E-state index in [0.29, 0.717) is 32.7 Å². The van der Waals surface area contributed by atoms with Crippen LogP contribution in [0.15, 0.2) is 24.4 Å². The summed E-state index contributed by atoms with van der Waals surface area (Å²) < 4.78 is 5.71. The number of morpholine rings is 1. The Morgan fingerprint density at radius 1 is 1.37 bits per heavy atom. The lowest BCUT2D eigenvalue weighted by Gasteiger charge is -2.34. The molecule has 3 rings (SSSR count). The summed E-state index contributed by atoms with van der Waals surface area (Å²) in [6.07, 6.45) is 3.06. The quantitative estimate of drug-likeness (QED) is 0.769. The van der Waals surface area contributed by atoms with Crippen LogP contribution < -0.4 is 0 Å². The second-order valence-electron chi connectivity index (χ2n) is 7.11. The number of aromatic amines is 1. The molecule has 7 heteroatoms. The normalized spacial score (nSPS) is 17.6. The first-order valence-corrected chi connectivity index (χ1v) is 9.35. The number of benzene rings is 1. The first kappa shape index (κ1) is 19.4. The molecule has 1 unspecified atom stereocenters. The smallest absolute Gasteiger partial charge is 0.317 e. The van der Waals surface area contributed by atoms with Crippen LogP contribution in [0.25, 0.3) is 10.9 Å². The van der Waals surface area contributed by atoms with Crippen molar-refractivity contribution in [2.45, 2.75) is 25.9 Å². The van der Waals surface area contributed by atoms with Crippen molar-refractivity contribution in [3.8, 4) is 0 Å². The molecule has 1 aliphatic heterocycles. The zero-order chi connectivity index (χ0) is 19.4. The highest BCUT2D eigenvalue weighted by Gasteiger charge is 2.26. The topological polar surface area (TPSA) is 85.9 Å². The van der Waals surface area contributed by atoms with Gasteiger partial charge in [-0.3, -0.25) is 14.5 Å². The summed E-state index contributed by atoms with van der Waals surface area (Å²) in [6, 6.07) is 6.19. The van der Waals surface area contributed by atoms with Crippen LogP contribution in [0.4, 0.5) is 0 Å². The standard InChI is InChI=1S/C20H27N3O4/c1-3-14-5-4-6-17-15(10-21-20(14)17)9-18(24)23-7-8-27-16(12-23)11-22(2)13-19(25)26/h4-6,10,16,21H,3,7-9,11-13H2,1-2H3,(H,25,26). The summed E-state index contributed by atoms with van der Waals surface area (Å²) in [7, 11) is 1.75. The van der Waals surface area contributed by atoms with Gasteiger partial charge in [-0.15, -0.1) is 0 Å². The van der Waals surface area contributed by atoms with E-state index in [9.17, 15) is 9.59 Å². The van der Waals surface area contributed by atoms with E-state index in [1.54, 1.807) is 11.9 Å². The predicted molar refractivity (Wildman–Crippen MR) is 103 cm³/mol. The molecule has 1 aromatic carbocycles. The van der Waals surface area contributed by atoms with E-state index in [1.807, 2.05) is 17.2 Å². The van der Waals surface area contributed by atoms with Gasteiger partial charge in [0.05, 0.1) is 25.7 Å². The molecule has 0 radical (unpaired) electrons. The van der Waals surface area contributed by atoms with Gasteiger partial charge in [0.2, 0.25) is 5.91 Å². The number of H-pyrrole nitrogens is 1. The van der Waals surface area contributed by atoms with Crippen LogP contribution >= 0.6 is 0 Å². The monoisotopic (exact) mass is 373 g/mol. The number of hydrogen-bond donors (Lipinski definition) is 2. The fourth-order valence-electron chi connectivity index (χ4n) is 3.69. The van der Waals surface area contributed by atoms with E-state index >= 15 is 0 Å². The largest absolute Gasteiger partial charge is 0.480 e. The van der Waals surface area contributed by atoms with E-state index in [4.69, 9.17) is 9.84 Å². The number of amides is 1. The van der Waals surface area contributed by atoms with E-state index in [2.05, 4.69) is 24.0 Å². The van der Waals surface area contributed by atoms with Gasteiger partial charge in [0.25, 0.3) is 0 Å². The number of carbonyl (C=O) groups is 2. The Morgan fingerprint density at radius 2 is 2.19 bits per heavy atom. The van der Waals surface area contributed by atoms with Crippen LogP contribution in [0, 0.1) is 0 Å². The lowest BCUT2D eigenvalue weighted by Crippen LogP contribution is -2.50. The van der Waals surface area contributed by atoms with Gasteiger partial charge >= 0.3 is 5.97 Å². The molecule has 0 aliphatic carbocycles. The van der Waals surface area contributed by atoms with Gasteiger partial charge in [-0.2, -0.15) is 0 Å². The van der Waals surface area contributed by atoms with E-state index in [0.717, 1.165) is 22.9 Å². The minimum Gasteiger partial charge on any atom is -0.480 e. The minimum absolute atomic E-state index is 0.0388. The van der Waals surface area contributed by atoms with E-state index in [1.165, 1.54) is 5.56 Å². The summed E-state index contributed by atoms with van der Waals surface area (Å²) in [5.74, 6) is -0.793. The van der Waals surface area contributed by atoms with Gasteiger partial charge in [-0.1, -0.05) is 25.1 Å².